The van der Waals surface area contributed by atoms with Crippen molar-refractivity contribution in [1.29, 1.82) is 0 Å². The highest BCUT2D eigenvalue weighted by atomic mass is 16.7. The molecule has 0 bridgehead atoms. The number of benzene rings is 1. The maximum Gasteiger partial charge on any atom is 0.513 e. The zero-order chi connectivity index (χ0) is 31.2. The second kappa shape index (κ2) is 17.5. The van der Waals surface area contributed by atoms with Crippen molar-refractivity contribution in [3.8, 4) is 11.5 Å². The standard InChI is InChI=1S/C30H47NO10/c1-19(2)8-11-26(32)39-22(7)17-30(31,27(33)34)18-23-9-10-24(40-28(35)37-14-12-20(3)4)25(16-23)41-29(36)38-15-13-21(5)6/h9-10,16,19-22H,8,11-15,17-18,31H2,1-7H3,(H,33,34)/t22-,30?/m0/s1. The summed E-state index contributed by atoms with van der Waals surface area (Å²) in [5.74, 6) is -1.06. The second-order valence-electron chi connectivity index (χ2n) is 11.6. The van der Waals surface area contributed by atoms with Crippen LogP contribution in [0.1, 0.15) is 86.1 Å². The number of carboxylic acid groups (broad SMARTS) is 1. The van der Waals surface area contributed by atoms with E-state index in [4.69, 9.17) is 29.4 Å². The summed E-state index contributed by atoms with van der Waals surface area (Å²) in [5, 5.41) is 9.95. The fourth-order valence-electron chi connectivity index (χ4n) is 3.66. The summed E-state index contributed by atoms with van der Waals surface area (Å²) in [4.78, 5) is 48.9. The third-order valence-corrected chi connectivity index (χ3v) is 6.08. The van der Waals surface area contributed by atoms with Gasteiger partial charge in [0.15, 0.2) is 11.5 Å². The van der Waals surface area contributed by atoms with Crippen LogP contribution in [0, 0.1) is 17.8 Å². The van der Waals surface area contributed by atoms with Gasteiger partial charge in [-0.05, 0) is 61.6 Å². The van der Waals surface area contributed by atoms with E-state index in [1.54, 1.807) is 6.92 Å². The van der Waals surface area contributed by atoms with E-state index < -0.39 is 35.9 Å². The first kappa shape index (κ1) is 35.7. The van der Waals surface area contributed by atoms with E-state index in [0.717, 1.165) is 0 Å². The molecule has 232 valence electrons. The maximum absolute atomic E-state index is 12.3. The topological polar surface area (TPSA) is 161 Å². The summed E-state index contributed by atoms with van der Waals surface area (Å²) in [5.41, 5.74) is 4.85. The van der Waals surface area contributed by atoms with Crippen LogP contribution in [0.25, 0.3) is 0 Å². The lowest BCUT2D eigenvalue weighted by Crippen LogP contribution is -2.52. The number of hydrogen-bond acceptors (Lipinski definition) is 10. The Kier molecular flexibility index (Phi) is 15.2. The van der Waals surface area contributed by atoms with Crippen molar-refractivity contribution in [3.63, 3.8) is 0 Å². The summed E-state index contributed by atoms with van der Waals surface area (Å²) in [7, 11) is 0. The number of carbonyl (C=O) groups excluding carboxylic acids is 3. The summed E-state index contributed by atoms with van der Waals surface area (Å²) in [6, 6.07) is 4.20. The highest BCUT2D eigenvalue weighted by Crippen LogP contribution is 2.31. The predicted molar refractivity (Wildman–Crippen MR) is 152 cm³/mol. The number of nitrogens with two attached hydrogens (primary N) is 1. The van der Waals surface area contributed by atoms with Gasteiger partial charge in [0.05, 0.1) is 13.2 Å². The van der Waals surface area contributed by atoms with E-state index in [1.165, 1.54) is 18.2 Å². The Bertz CT molecular complexity index is 1010. The minimum atomic E-state index is -1.81. The van der Waals surface area contributed by atoms with Crippen LogP contribution in [-0.2, 0) is 30.2 Å². The van der Waals surface area contributed by atoms with Crippen LogP contribution in [0.4, 0.5) is 9.59 Å². The Morgan fingerprint density at radius 3 is 1.80 bits per heavy atom. The van der Waals surface area contributed by atoms with E-state index in [-0.39, 0.29) is 44.0 Å². The van der Waals surface area contributed by atoms with Crippen molar-refractivity contribution < 1.29 is 48.0 Å². The summed E-state index contributed by atoms with van der Waals surface area (Å²) in [6.45, 7) is 13.8. The molecule has 0 saturated heterocycles. The molecule has 11 nitrogen and oxygen atoms in total. The molecule has 0 amide bonds. The van der Waals surface area contributed by atoms with Crippen molar-refractivity contribution in [2.75, 3.05) is 13.2 Å². The average Bonchev–Trinajstić information content (AvgIpc) is 2.83. The molecule has 1 aromatic carbocycles. The Labute approximate surface area is 243 Å². The lowest BCUT2D eigenvalue weighted by atomic mass is 9.86. The van der Waals surface area contributed by atoms with Crippen molar-refractivity contribution >= 4 is 24.2 Å². The van der Waals surface area contributed by atoms with Crippen molar-refractivity contribution in [3.05, 3.63) is 23.8 Å². The minimum absolute atomic E-state index is 0.116. The molecule has 0 aliphatic carbocycles. The molecule has 0 radical (unpaired) electrons. The van der Waals surface area contributed by atoms with Crippen LogP contribution in [0.2, 0.25) is 0 Å². The predicted octanol–water partition coefficient (Wildman–Crippen LogP) is 5.89. The molecule has 0 saturated carbocycles. The van der Waals surface area contributed by atoms with Gasteiger partial charge in [0.1, 0.15) is 11.6 Å². The molecule has 3 N–H and O–H groups in total. The van der Waals surface area contributed by atoms with Gasteiger partial charge >= 0.3 is 24.2 Å². The molecular formula is C30H47NO10. The molecule has 41 heavy (non-hydrogen) atoms. The number of esters is 1. The summed E-state index contributed by atoms with van der Waals surface area (Å²) < 4.78 is 26.1. The number of ether oxygens (including phenoxy) is 5. The first-order chi connectivity index (χ1) is 19.1. The van der Waals surface area contributed by atoms with E-state index >= 15 is 0 Å². The van der Waals surface area contributed by atoms with Gasteiger partial charge in [0, 0.05) is 19.3 Å². The Morgan fingerprint density at radius 2 is 1.32 bits per heavy atom. The van der Waals surface area contributed by atoms with Gasteiger partial charge in [0.2, 0.25) is 0 Å². The van der Waals surface area contributed by atoms with E-state index in [0.29, 0.717) is 42.6 Å². The zero-order valence-corrected chi connectivity index (χ0v) is 25.4. The molecule has 0 heterocycles. The van der Waals surface area contributed by atoms with Gasteiger partial charge in [-0.2, -0.15) is 0 Å². The molecule has 1 unspecified atom stereocenters. The Balaban J connectivity index is 3.10. The van der Waals surface area contributed by atoms with E-state index in [1.807, 2.05) is 41.5 Å². The quantitative estimate of drug-likeness (QED) is 0.128. The monoisotopic (exact) mass is 581 g/mol. The first-order valence-electron chi connectivity index (χ1n) is 14.1. The van der Waals surface area contributed by atoms with Crippen LogP contribution in [0.5, 0.6) is 11.5 Å². The van der Waals surface area contributed by atoms with Crippen LogP contribution in [0.15, 0.2) is 18.2 Å². The van der Waals surface area contributed by atoms with Gasteiger partial charge in [-0.1, -0.05) is 47.6 Å². The van der Waals surface area contributed by atoms with Gasteiger partial charge < -0.3 is 34.5 Å². The second-order valence-corrected chi connectivity index (χ2v) is 11.6. The number of rotatable bonds is 17. The number of aliphatic carboxylic acids is 1. The molecule has 11 heteroatoms. The van der Waals surface area contributed by atoms with Gasteiger partial charge in [0.25, 0.3) is 0 Å². The summed E-state index contributed by atoms with van der Waals surface area (Å²) in [6.07, 6.45) is -0.984. The average molecular weight is 582 g/mol. The lowest BCUT2D eigenvalue weighted by Gasteiger charge is -2.28. The Hall–Kier alpha value is -3.34. The SMILES string of the molecule is CC(C)CCOC(=O)Oc1ccc(CC(N)(C[C@H](C)OC(=O)CCC(C)C)C(=O)O)cc1OC(=O)OCCC(C)C. The van der Waals surface area contributed by atoms with Crippen molar-refractivity contribution in [1.82, 2.24) is 0 Å². The number of carbonyl (C=O) groups is 4. The fraction of sp³-hybridized carbons (Fsp3) is 0.667. The van der Waals surface area contributed by atoms with Crippen molar-refractivity contribution in [2.24, 2.45) is 23.5 Å². The first-order valence-corrected chi connectivity index (χ1v) is 14.1. The van der Waals surface area contributed by atoms with E-state index in [2.05, 4.69) is 0 Å². The highest BCUT2D eigenvalue weighted by Gasteiger charge is 2.37. The molecule has 0 fully saturated rings. The van der Waals surface area contributed by atoms with Crippen LogP contribution >= 0.6 is 0 Å². The molecular weight excluding hydrogens is 534 g/mol. The molecule has 0 aliphatic rings. The van der Waals surface area contributed by atoms with Crippen LogP contribution in [-0.4, -0.2) is 54.2 Å². The van der Waals surface area contributed by atoms with Crippen LogP contribution < -0.4 is 15.2 Å². The minimum Gasteiger partial charge on any atom is -0.480 e. The van der Waals surface area contributed by atoms with Gasteiger partial charge in [-0.15, -0.1) is 0 Å². The molecule has 0 spiro atoms. The molecule has 1 aromatic rings. The largest absolute Gasteiger partial charge is 0.513 e. The third kappa shape index (κ3) is 14.7. The molecule has 0 aromatic heterocycles. The maximum atomic E-state index is 12.3. The van der Waals surface area contributed by atoms with E-state index in [9.17, 15) is 24.3 Å². The number of carboxylic acids is 1. The Morgan fingerprint density at radius 1 is 0.805 bits per heavy atom. The smallest absolute Gasteiger partial charge is 0.480 e. The van der Waals surface area contributed by atoms with Crippen molar-refractivity contribution in [2.45, 2.75) is 98.6 Å². The van der Waals surface area contributed by atoms with Gasteiger partial charge in [-0.3, -0.25) is 9.59 Å². The molecule has 0 aliphatic heterocycles. The van der Waals surface area contributed by atoms with Crippen LogP contribution in [0.3, 0.4) is 0 Å². The normalized spacial score (nSPS) is 13.4. The zero-order valence-electron chi connectivity index (χ0n) is 25.4. The third-order valence-electron chi connectivity index (χ3n) is 6.08. The lowest BCUT2D eigenvalue weighted by molar-refractivity contribution is -0.153. The highest BCUT2D eigenvalue weighted by molar-refractivity contribution is 5.79. The number of hydrogen-bond donors (Lipinski definition) is 2. The summed E-state index contributed by atoms with van der Waals surface area (Å²) >= 11 is 0. The fourth-order valence-corrected chi connectivity index (χ4v) is 3.66. The van der Waals surface area contributed by atoms with Gasteiger partial charge in [-0.25, -0.2) is 9.59 Å². The molecule has 1 rings (SSSR count). The molecule has 2 atom stereocenters.